The average Bonchev–Trinajstić information content (AvgIpc) is 2.46. The van der Waals surface area contributed by atoms with Crippen molar-refractivity contribution in [2.24, 2.45) is 0 Å². The van der Waals surface area contributed by atoms with Crippen molar-refractivity contribution in [2.45, 2.75) is 19.5 Å². The first-order valence-electron chi connectivity index (χ1n) is 6.28. The average molecular weight is 333 g/mol. The van der Waals surface area contributed by atoms with Crippen molar-refractivity contribution in [3.63, 3.8) is 0 Å². The van der Waals surface area contributed by atoms with Gasteiger partial charge in [-0.05, 0) is 36.8 Å². The highest BCUT2D eigenvalue weighted by Gasteiger charge is 2.10. The molecule has 2 rings (SSSR count). The lowest BCUT2D eigenvalue weighted by Gasteiger charge is -2.16. The van der Waals surface area contributed by atoms with Gasteiger partial charge in [-0.3, -0.25) is 0 Å². The fourth-order valence-electron chi connectivity index (χ4n) is 1.98. The van der Waals surface area contributed by atoms with Gasteiger partial charge in [-0.2, -0.15) is 5.26 Å². The molecule has 0 aromatic heterocycles. The van der Waals surface area contributed by atoms with Crippen molar-refractivity contribution in [2.75, 3.05) is 0 Å². The highest BCUT2D eigenvalue weighted by molar-refractivity contribution is 9.10. The first-order chi connectivity index (χ1) is 9.61. The monoisotopic (exact) mass is 332 g/mol. The Balaban J connectivity index is 2.09. The predicted molar refractivity (Wildman–Crippen MR) is 80.5 cm³/mol. The zero-order chi connectivity index (χ0) is 14.5. The summed E-state index contributed by atoms with van der Waals surface area (Å²) in [4.78, 5) is 0. The van der Waals surface area contributed by atoms with Crippen LogP contribution in [0.3, 0.4) is 0 Å². The molecule has 1 atom stereocenters. The normalized spacial score (nSPS) is 11.9. The molecule has 102 valence electrons. The van der Waals surface area contributed by atoms with E-state index in [0.717, 1.165) is 10.0 Å². The maximum Gasteiger partial charge on any atom is 0.127 e. The fourth-order valence-corrected chi connectivity index (χ4v) is 2.61. The second-order valence-corrected chi connectivity index (χ2v) is 5.40. The third-order valence-electron chi connectivity index (χ3n) is 3.15. The number of halogens is 2. The first kappa shape index (κ1) is 14.7. The third-order valence-corrected chi connectivity index (χ3v) is 3.87. The Bertz CT molecular complexity index is 649. The Morgan fingerprint density at radius 2 is 2.05 bits per heavy atom. The Labute approximate surface area is 126 Å². The Hall–Kier alpha value is -1.70. The molecule has 0 aliphatic heterocycles. The van der Waals surface area contributed by atoms with Gasteiger partial charge in [-0.1, -0.05) is 34.1 Å². The van der Waals surface area contributed by atoms with Gasteiger partial charge in [-0.15, -0.1) is 0 Å². The van der Waals surface area contributed by atoms with Crippen molar-refractivity contribution in [3.05, 3.63) is 69.4 Å². The molecule has 1 N–H and O–H groups in total. The minimum absolute atomic E-state index is 0.0794. The highest BCUT2D eigenvalue weighted by atomic mass is 79.9. The van der Waals surface area contributed by atoms with E-state index in [-0.39, 0.29) is 11.9 Å². The summed E-state index contributed by atoms with van der Waals surface area (Å²) in [5, 5.41) is 12.1. The van der Waals surface area contributed by atoms with E-state index < -0.39 is 0 Å². The van der Waals surface area contributed by atoms with E-state index in [1.165, 1.54) is 12.1 Å². The Morgan fingerprint density at radius 1 is 1.30 bits per heavy atom. The molecule has 0 aliphatic carbocycles. The molecule has 0 bridgehead atoms. The summed E-state index contributed by atoms with van der Waals surface area (Å²) in [6.45, 7) is 2.40. The summed E-state index contributed by atoms with van der Waals surface area (Å²) < 4.78 is 14.7. The molecule has 2 aromatic rings. The van der Waals surface area contributed by atoms with Crippen LogP contribution in [0.15, 0.2) is 46.9 Å². The van der Waals surface area contributed by atoms with E-state index in [2.05, 4.69) is 21.2 Å². The zero-order valence-corrected chi connectivity index (χ0v) is 12.6. The molecule has 0 aliphatic rings. The van der Waals surface area contributed by atoms with Gasteiger partial charge in [-0.25, -0.2) is 4.39 Å². The molecule has 0 radical (unpaired) electrons. The first-order valence-corrected chi connectivity index (χ1v) is 7.07. The van der Waals surface area contributed by atoms with Gasteiger partial charge in [0.1, 0.15) is 5.82 Å². The van der Waals surface area contributed by atoms with E-state index in [9.17, 15) is 4.39 Å². The van der Waals surface area contributed by atoms with Gasteiger partial charge in [0, 0.05) is 22.6 Å². The summed E-state index contributed by atoms with van der Waals surface area (Å²) in [5.41, 5.74) is 2.09. The Morgan fingerprint density at radius 3 is 2.75 bits per heavy atom. The van der Waals surface area contributed by atoms with Crippen LogP contribution in [0.1, 0.15) is 29.7 Å². The molecular formula is C16H14BrFN2. The summed E-state index contributed by atoms with van der Waals surface area (Å²) in [5.74, 6) is -0.296. The lowest BCUT2D eigenvalue weighted by molar-refractivity contribution is 0.543. The standard InChI is InChI=1S/C16H14BrFN2/c1-11(14-4-2-3-5-15(14)17)20-10-13-8-12(9-19)6-7-16(13)18/h2-8,11,20H,10H2,1H3/t11-/m1/s1. The van der Waals surface area contributed by atoms with Crippen LogP contribution in [0.25, 0.3) is 0 Å². The van der Waals surface area contributed by atoms with Gasteiger partial charge < -0.3 is 5.32 Å². The lowest BCUT2D eigenvalue weighted by atomic mass is 10.1. The maximum atomic E-state index is 13.7. The van der Waals surface area contributed by atoms with Crippen molar-refractivity contribution in [1.29, 1.82) is 5.26 Å². The van der Waals surface area contributed by atoms with E-state index in [0.29, 0.717) is 17.7 Å². The quantitative estimate of drug-likeness (QED) is 0.905. The summed E-state index contributed by atoms with van der Waals surface area (Å²) in [7, 11) is 0. The number of nitrogens with one attached hydrogen (secondary N) is 1. The van der Waals surface area contributed by atoms with Crippen LogP contribution in [0.2, 0.25) is 0 Å². The minimum Gasteiger partial charge on any atom is -0.306 e. The topological polar surface area (TPSA) is 35.8 Å². The summed E-state index contributed by atoms with van der Waals surface area (Å²) in [6, 6.07) is 14.4. The summed E-state index contributed by atoms with van der Waals surface area (Å²) in [6.07, 6.45) is 0. The number of hydrogen-bond acceptors (Lipinski definition) is 2. The zero-order valence-electron chi connectivity index (χ0n) is 11.0. The SMILES string of the molecule is C[C@@H](NCc1cc(C#N)ccc1F)c1ccccc1Br. The van der Waals surface area contributed by atoms with Crippen LogP contribution in [0.5, 0.6) is 0 Å². The van der Waals surface area contributed by atoms with Gasteiger partial charge in [0.15, 0.2) is 0 Å². The van der Waals surface area contributed by atoms with E-state index in [1.807, 2.05) is 37.3 Å². The van der Waals surface area contributed by atoms with Crippen molar-refractivity contribution >= 4 is 15.9 Å². The van der Waals surface area contributed by atoms with Crippen LogP contribution in [-0.2, 0) is 6.54 Å². The number of benzene rings is 2. The molecule has 0 unspecified atom stereocenters. The Kier molecular flexibility index (Phi) is 4.89. The van der Waals surface area contributed by atoms with Crippen molar-refractivity contribution in [3.8, 4) is 6.07 Å². The van der Waals surface area contributed by atoms with Gasteiger partial charge >= 0.3 is 0 Å². The van der Waals surface area contributed by atoms with Crippen molar-refractivity contribution in [1.82, 2.24) is 5.32 Å². The van der Waals surface area contributed by atoms with Crippen LogP contribution in [-0.4, -0.2) is 0 Å². The number of hydrogen-bond donors (Lipinski definition) is 1. The van der Waals surface area contributed by atoms with Crippen LogP contribution in [0.4, 0.5) is 4.39 Å². The van der Waals surface area contributed by atoms with Gasteiger partial charge in [0.05, 0.1) is 11.6 Å². The van der Waals surface area contributed by atoms with E-state index >= 15 is 0 Å². The van der Waals surface area contributed by atoms with Crippen LogP contribution in [0, 0.1) is 17.1 Å². The number of rotatable bonds is 4. The second-order valence-electron chi connectivity index (χ2n) is 4.54. The molecule has 4 heteroatoms. The number of nitrogens with zero attached hydrogens (tertiary/aromatic N) is 1. The molecule has 0 spiro atoms. The smallest absolute Gasteiger partial charge is 0.127 e. The lowest BCUT2D eigenvalue weighted by Crippen LogP contribution is -2.19. The summed E-state index contributed by atoms with van der Waals surface area (Å²) >= 11 is 3.50. The van der Waals surface area contributed by atoms with E-state index in [4.69, 9.17) is 5.26 Å². The maximum absolute atomic E-state index is 13.7. The van der Waals surface area contributed by atoms with Gasteiger partial charge in [0.2, 0.25) is 0 Å². The fraction of sp³-hybridized carbons (Fsp3) is 0.188. The molecule has 20 heavy (non-hydrogen) atoms. The molecule has 0 fully saturated rings. The number of nitriles is 1. The molecule has 2 aromatic carbocycles. The predicted octanol–water partition coefficient (Wildman–Crippen LogP) is 4.31. The van der Waals surface area contributed by atoms with Crippen LogP contribution < -0.4 is 5.32 Å². The molecule has 2 nitrogen and oxygen atoms in total. The largest absolute Gasteiger partial charge is 0.306 e. The van der Waals surface area contributed by atoms with E-state index in [1.54, 1.807) is 6.07 Å². The second kappa shape index (κ2) is 6.65. The van der Waals surface area contributed by atoms with Gasteiger partial charge in [0.25, 0.3) is 0 Å². The van der Waals surface area contributed by atoms with Crippen molar-refractivity contribution < 1.29 is 4.39 Å². The van der Waals surface area contributed by atoms with Crippen LogP contribution >= 0.6 is 15.9 Å². The molecule has 0 amide bonds. The minimum atomic E-state index is -0.296. The third kappa shape index (κ3) is 3.44. The molecule has 0 saturated heterocycles. The molecule has 0 saturated carbocycles. The highest BCUT2D eigenvalue weighted by Crippen LogP contribution is 2.23. The molecule has 0 heterocycles. The molecular weight excluding hydrogens is 319 g/mol.